The molecule has 1 aromatic carbocycles. The van der Waals surface area contributed by atoms with Gasteiger partial charge < -0.3 is 14.8 Å². The summed E-state index contributed by atoms with van der Waals surface area (Å²) in [5.74, 6) is 0.163. The van der Waals surface area contributed by atoms with E-state index in [4.69, 9.17) is 0 Å². The molecule has 1 N–H and O–H groups in total. The van der Waals surface area contributed by atoms with Crippen molar-refractivity contribution in [2.24, 2.45) is 0 Å². The lowest BCUT2D eigenvalue weighted by Crippen LogP contribution is -2.54. The molecular formula is C22H30N4O2. The zero-order valence-electron chi connectivity index (χ0n) is 16.7. The molecule has 0 aliphatic carbocycles. The Labute approximate surface area is 166 Å². The fraction of sp³-hybridized carbons (Fsp3) is 0.545. The van der Waals surface area contributed by atoms with Crippen molar-refractivity contribution in [3.8, 4) is 0 Å². The highest BCUT2D eigenvalue weighted by Crippen LogP contribution is 2.18. The number of benzene rings is 1. The smallest absolute Gasteiger partial charge is 0.251 e. The van der Waals surface area contributed by atoms with Crippen LogP contribution in [0.3, 0.4) is 0 Å². The predicted octanol–water partition coefficient (Wildman–Crippen LogP) is 1.70. The van der Waals surface area contributed by atoms with E-state index in [2.05, 4.69) is 21.8 Å². The van der Waals surface area contributed by atoms with Gasteiger partial charge >= 0.3 is 0 Å². The first kappa shape index (κ1) is 19.2. The van der Waals surface area contributed by atoms with Gasteiger partial charge in [0.1, 0.15) is 0 Å². The molecule has 0 radical (unpaired) electrons. The summed E-state index contributed by atoms with van der Waals surface area (Å²) in [5, 5.41) is 1.01. The number of hydrogen-bond donors (Lipinski definition) is 1. The van der Waals surface area contributed by atoms with Crippen molar-refractivity contribution in [2.75, 3.05) is 46.3 Å². The average Bonchev–Trinajstić information content (AvgIpc) is 2.72. The van der Waals surface area contributed by atoms with E-state index in [1.54, 1.807) is 0 Å². The summed E-state index contributed by atoms with van der Waals surface area (Å²) in [4.78, 5) is 34.8. The zero-order chi connectivity index (χ0) is 19.5. The van der Waals surface area contributed by atoms with Crippen LogP contribution in [0.2, 0.25) is 0 Å². The third-order valence-corrected chi connectivity index (χ3v) is 6.31. The Balaban J connectivity index is 1.29. The molecule has 1 amide bonds. The maximum Gasteiger partial charge on any atom is 0.251 e. The minimum absolute atomic E-state index is 0.0846. The number of piperazine rings is 1. The van der Waals surface area contributed by atoms with Gasteiger partial charge in [0.25, 0.3) is 5.56 Å². The van der Waals surface area contributed by atoms with Gasteiger partial charge in [-0.3, -0.25) is 14.5 Å². The highest BCUT2D eigenvalue weighted by atomic mass is 16.2. The van der Waals surface area contributed by atoms with Crippen molar-refractivity contribution in [3.05, 3.63) is 46.2 Å². The molecular weight excluding hydrogens is 352 g/mol. The second-order valence-electron chi connectivity index (χ2n) is 8.16. The van der Waals surface area contributed by atoms with Crippen molar-refractivity contribution >= 4 is 16.8 Å². The maximum absolute atomic E-state index is 12.7. The maximum atomic E-state index is 12.7. The third kappa shape index (κ3) is 4.28. The van der Waals surface area contributed by atoms with Crippen molar-refractivity contribution in [1.82, 2.24) is 19.7 Å². The van der Waals surface area contributed by atoms with Crippen LogP contribution >= 0.6 is 0 Å². The number of likely N-dealkylation sites (tertiary alicyclic amines) is 1. The number of aromatic amines is 1. The molecule has 2 aromatic rings. The van der Waals surface area contributed by atoms with Crippen molar-refractivity contribution in [1.29, 1.82) is 0 Å². The van der Waals surface area contributed by atoms with E-state index in [1.807, 2.05) is 35.2 Å². The lowest BCUT2D eigenvalue weighted by molar-refractivity contribution is -0.133. The number of H-pyrrole nitrogens is 1. The van der Waals surface area contributed by atoms with Gasteiger partial charge in [0.2, 0.25) is 5.91 Å². The van der Waals surface area contributed by atoms with Crippen LogP contribution in [0, 0.1) is 0 Å². The number of fused-ring (bicyclic) bond motifs is 1. The molecule has 4 rings (SSSR count). The third-order valence-electron chi connectivity index (χ3n) is 6.31. The van der Waals surface area contributed by atoms with Gasteiger partial charge in [-0.1, -0.05) is 18.2 Å². The van der Waals surface area contributed by atoms with Crippen LogP contribution in [0.1, 0.15) is 24.8 Å². The SMILES string of the molecule is CN1CCC(N2CCN(C(=O)CCc3cc4ccccc4[nH]c3=O)CC2)CC1. The highest BCUT2D eigenvalue weighted by Gasteiger charge is 2.27. The summed E-state index contributed by atoms with van der Waals surface area (Å²) in [7, 11) is 2.19. The van der Waals surface area contributed by atoms with E-state index in [1.165, 1.54) is 25.9 Å². The Bertz CT molecular complexity index is 877. The number of rotatable bonds is 4. The fourth-order valence-electron chi connectivity index (χ4n) is 4.47. The Kier molecular flexibility index (Phi) is 5.78. The summed E-state index contributed by atoms with van der Waals surface area (Å²) in [5.41, 5.74) is 1.45. The lowest BCUT2D eigenvalue weighted by Gasteiger charge is -2.42. The number of aromatic nitrogens is 1. The van der Waals surface area contributed by atoms with Crippen LogP contribution in [-0.2, 0) is 11.2 Å². The molecule has 0 bridgehead atoms. The van der Waals surface area contributed by atoms with Gasteiger partial charge in [-0.2, -0.15) is 0 Å². The normalized spacial score (nSPS) is 20.0. The molecule has 2 fully saturated rings. The van der Waals surface area contributed by atoms with Gasteiger partial charge in [-0.25, -0.2) is 0 Å². The molecule has 2 aliphatic heterocycles. The molecule has 2 aliphatic rings. The van der Waals surface area contributed by atoms with Gasteiger partial charge in [-0.05, 0) is 56.9 Å². The summed E-state index contributed by atoms with van der Waals surface area (Å²) in [6.07, 6.45) is 3.36. The average molecular weight is 383 g/mol. The largest absolute Gasteiger partial charge is 0.340 e. The lowest BCUT2D eigenvalue weighted by atomic mass is 10.0. The minimum Gasteiger partial charge on any atom is -0.340 e. The van der Waals surface area contributed by atoms with E-state index < -0.39 is 0 Å². The Morgan fingerprint density at radius 3 is 2.54 bits per heavy atom. The number of carbonyl (C=O) groups is 1. The Morgan fingerprint density at radius 1 is 1.07 bits per heavy atom. The first-order chi connectivity index (χ1) is 13.6. The first-order valence-corrected chi connectivity index (χ1v) is 10.4. The summed E-state index contributed by atoms with van der Waals surface area (Å²) in [6.45, 7) is 5.89. The molecule has 2 saturated heterocycles. The second kappa shape index (κ2) is 8.45. The van der Waals surface area contributed by atoms with E-state index in [9.17, 15) is 9.59 Å². The van der Waals surface area contributed by atoms with Crippen LogP contribution in [-0.4, -0.2) is 77.9 Å². The van der Waals surface area contributed by atoms with E-state index in [0.717, 1.165) is 37.1 Å². The van der Waals surface area contributed by atoms with Crippen LogP contribution in [0.4, 0.5) is 0 Å². The fourth-order valence-corrected chi connectivity index (χ4v) is 4.47. The van der Waals surface area contributed by atoms with Crippen molar-refractivity contribution in [3.63, 3.8) is 0 Å². The van der Waals surface area contributed by atoms with E-state index in [-0.39, 0.29) is 11.5 Å². The zero-order valence-corrected chi connectivity index (χ0v) is 16.7. The molecule has 28 heavy (non-hydrogen) atoms. The number of carbonyl (C=O) groups excluding carboxylic acids is 1. The minimum atomic E-state index is -0.0846. The molecule has 150 valence electrons. The molecule has 0 spiro atoms. The number of para-hydroxylation sites is 1. The topological polar surface area (TPSA) is 59.6 Å². The number of hydrogen-bond acceptors (Lipinski definition) is 4. The predicted molar refractivity (Wildman–Crippen MR) is 112 cm³/mol. The standard InChI is InChI=1S/C22H30N4O2/c1-24-10-8-19(9-11-24)25-12-14-26(15-13-25)21(27)7-6-18-16-17-4-2-3-5-20(17)23-22(18)28/h2-5,16,19H,6-15H2,1H3,(H,23,28). The number of piperidine rings is 1. The summed E-state index contributed by atoms with van der Waals surface area (Å²) >= 11 is 0. The van der Waals surface area contributed by atoms with E-state index in [0.29, 0.717) is 24.4 Å². The van der Waals surface area contributed by atoms with Gasteiger partial charge in [-0.15, -0.1) is 0 Å². The number of nitrogens with zero attached hydrogens (tertiary/aromatic N) is 3. The molecule has 0 unspecified atom stereocenters. The molecule has 1 aromatic heterocycles. The quantitative estimate of drug-likeness (QED) is 0.874. The molecule has 0 atom stereocenters. The number of aryl methyl sites for hydroxylation is 1. The van der Waals surface area contributed by atoms with Gasteiger partial charge in [0.05, 0.1) is 0 Å². The van der Waals surface area contributed by atoms with Crippen LogP contribution in [0.25, 0.3) is 10.9 Å². The summed E-state index contributed by atoms with van der Waals surface area (Å²) < 4.78 is 0. The van der Waals surface area contributed by atoms with Gasteiger partial charge in [0, 0.05) is 49.7 Å². The van der Waals surface area contributed by atoms with Crippen LogP contribution in [0.5, 0.6) is 0 Å². The first-order valence-electron chi connectivity index (χ1n) is 10.4. The second-order valence-corrected chi connectivity index (χ2v) is 8.16. The van der Waals surface area contributed by atoms with Crippen LogP contribution in [0.15, 0.2) is 35.1 Å². The Morgan fingerprint density at radius 2 is 1.79 bits per heavy atom. The number of amides is 1. The van der Waals surface area contributed by atoms with Gasteiger partial charge in [0.15, 0.2) is 0 Å². The molecule has 0 saturated carbocycles. The van der Waals surface area contributed by atoms with E-state index >= 15 is 0 Å². The highest BCUT2D eigenvalue weighted by molar-refractivity contribution is 5.79. The summed E-state index contributed by atoms with van der Waals surface area (Å²) in [6, 6.07) is 10.3. The van der Waals surface area contributed by atoms with Crippen molar-refractivity contribution < 1.29 is 4.79 Å². The monoisotopic (exact) mass is 382 g/mol. The molecule has 3 heterocycles. The molecule has 6 nitrogen and oxygen atoms in total. The van der Waals surface area contributed by atoms with Crippen LogP contribution < -0.4 is 5.56 Å². The van der Waals surface area contributed by atoms with Crippen molar-refractivity contribution in [2.45, 2.75) is 31.7 Å². The Hall–Kier alpha value is -2.18. The molecule has 6 heteroatoms. The number of nitrogens with one attached hydrogen (secondary N) is 1. The number of pyridine rings is 1.